The van der Waals surface area contributed by atoms with Crippen molar-refractivity contribution < 1.29 is 22.1 Å². The maximum Gasteiger partial charge on any atom is 0.500 e. The van der Waals surface area contributed by atoms with Crippen LogP contribution >= 0.6 is 0 Å². The Morgan fingerprint density at radius 3 is 0.919 bits per heavy atom. The predicted molar refractivity (Wildman–Crippen MR) is 166 cm³/mol. The number of unbranched alkanes of at least 4 members (excludes halogenated alkanes) is 13. The molecule has 0 radical (unpaired) electrons. The predicted octanol–water partition coefficient (Wildman–Crippen LogP) is 10.1. The number of rotatable bonds is 27. The molecule has 0 amide bonds. The van der Waals surface area contributed by atoms with Crippen LogP contribution in [0.4, 0.5) is 0 Å². The lowest BCUT2D eigenvalue weighted by molar-refractivity contribution is 0.0706. The number of hydrogen-bond donors (Lipinski definition) is 0. The summed E-state index contributed by atoms with van der Waals surface area (Å²) in [5.41, 5.74) is 0. The monoisotopic (exact) mass is 564 g/mol. The molecule has 0 aliphatic heterocycles. The molecule has 37 heavy (non-hydrogen) atoms. The highest BCUT2D eigenvalue weighted by atomic mass is 28.4. The van der Waals surface area contributed by atoms with Crippen LogP contribution in [0.15, 0.2) is 0 Å². The van der Waals surface area contributed by atoms with Crippen LogP contribution in [-0.4, -0.2) is 50.4 Å². The second kappa shape index (κ2) is 29.2. The van der Waals surface area contributed by atoms with E-state index in [0.29, 0.717) is 19.8 Å². The highest BCUT2D eigenvalue weighted by Crippen LogP contribution is 2.21. The van der Waals surface area contributed by atoms with E-state index in [2.05, 4.69) is 20.8 Å². The van der Waals surface area contributed by atoms with Crippen LogP contribution < -0.4 is 0 Å². The van der Waals surface area contributed by atoms with E-state index in [0.717, 1.165) is 31.3 Å². The quantitative estimate of drug-likeness (QED) is 0.0733. The van der Waals surface area contributed by atoms with Crippen LogP contribution in [0.2, 0.25) is 18.1 Å². The minimum atomic E-state index is -2.40. The largest absolute Gasteiger partial charge is 0.500 e. The van der Waals surface area contributed by atoms with Crippen molar-refractivity contribution in [2.75, 3.05) is 33.0 Å². The van der Waals surface area contributed by atoms with Gasteiger partial charge in [-0.25, -0.2) is 0 Å². The van der Waals surface area contributed by atoms with E-state index in [1.54, 1.807) is 0 Å². The molecule has 0 bridgehead atoms. The van der Waals surface area contributed by atoms with E-state index in [1.807, 2.05) is 34.6 Å². The molecule has 0 fully saturated rings. The summed E-state index contributed by atoms with van der Waals surface area (Å²) >= 11 is 0. The average molecular weight is 565 g/mol. The lowest BCUT2D eigenvalue weighted by Crippen LogP contribution is -2.45. The second-order valence-corrected chi connectivity index (χ2v) is 16.4. The van der Waals surface area contributed by atoms with Gasteiger partial charge in [0, 0.05) is 39.1 Å². The first-order chi connectivity index (χ1) is 18.0. The Labute approximate surface area is 235 Å². The van der Waals surface area contributed by atoms with E-state index in [4.69, 9.17) is 22.1 Å². The molecule has 0 aliphatic rings. The molecule has 0 N–H and O–H groups in total. The van der Waals surface area contributed by atoms with Gasteiger partial charge in [-0.15, -0.1) is 0 Å². The Kier molecular flexibility index (Phi) is 31.1. The van der Waals surface area contributed by atoms with Crippen LogP contribution in [0.5, 0.6) is 0 Å². The molecular formula is C30H68O5Si2. The van der Waals surface area contributed by atoms with Gasteiger partial charge in [0.15, 0.2) is 0 Å². The molecule has 0 spiro atoms. The van der Waals surface area contributed by atoms with Crippen molar-refractivity contribution in [2.45, 2.75) is 163 Å². The van der Waals surface area contributed by atoms with Crippen molar-refractivity contribution in [2.24, 2.45) is 0 Å². The van der Waals surface area contributed by atoms with Crippen molar-refractivity contribution >= 4 is 17.4 Å². The van der Waals surface area contributed by atoms with Crippen LogP contribution in [-0.2, 0) is 22.1 Å². The summed E-state index contributed by atoms with van der Waals surface area (Å²) in [4.78, 5) is 0. The zero-order valence-electron chi connectivity index (χ0n) is 26.6. The van der Waals surface area contributed by atoms with E-state index in [-0.39, 0.29) is 0 Å². The Bertz CT molecular complexity index is 411. The van der Waals surface area contributed by atoms with Crippen molar-refractivity contribution in [1.29, 1.82) is 0 Å². The topological polar surface area (TPSA) is 46.2 Å². The smallest absolute Gasteiger partial charge is 0.395 e. The summed E-state index contributed by atoms with van der Waals surface area (Å²) in [6.07, 6.45) is 19.4. The normalized spacial score (nSPS) is 12.0. The van der Waals surface area contributed by atoms with Crippen LogP contribution in [0, 0.1) is 0 Å². The van der Waals surface area contributed by atoms with Gasteiger partial charge in [-0.1, -0.05) is 104 Å². The van der Waals surface area contributed by atoms with Crippen molar-refractivity contribution in [3.63, 3.8) is 0 Å². The maximum atomic E-state index is 5.92. The molecule has 0 rings (SSSR count). The van der Waals surface area contributed by atoms with Crippen LogP contribution in [0.3, 0.4) is 0 Å². The highest BCUT2D eigenvalue weighted by Gasteiger charge is 2.39. The van der Waals surface area contributed by atoms with Gasteiger partial charge in [-0.05, 0) is 53.1 Å². The average Bonchev–Trinajstić information content (AvgIpc) is 2.89. The first kappa shape index (κ1) is 39.4. The molecule has 0 aromatic heterocycles. The number of hydrogen-bond acceptors (Lipinski definition) is 5. The molecule has 0 heterocycles. The van der Waals surface area contributed by atoms with Crippen molar-refractivity contribution in [1.82, 2.24) is 0 Å². The van der Waals surface area contributed by atoms with Crippen LogP contribution in [0.25, 0.3) is 0 Å². The summed E-state index contributed by atoms with van der Waals surface area (Å²) in [6, 6.07) is 3.09. The molecule has 226 valence electrons. The van der Waals surface area contributed by atoms with Gasteiger partial charge in [-0.2, -0.15) is 0 Å². The first-order valence-electron chi connectivity index (χ1n) is 16.2. The van der Waals surface area contributed by atoms with Gasteiger partial charge in [-0.3, -0.25) is 0 Å². The molecule has 0 saturated heterocycles. The zero-order chi connectivity index (χ0) is 28.1. The third-order valence-electron chi connectivity index (χ3n) is 6.82. The molecule has 0 unspecified atom stereocenters. The molecule has 0 aromatic carbocycles. The standard InChI is InChI=1S/C22H48O3Si.C8H20O2Si/c1-5-9-10-11-12-13-14-15-16-17-18-19-20-21-22-26(23-6-2,24-7-3)25-8-4;1-5-9-11(7-3,8-4)10-6-2/h5-22H2,1-4H3;5-8H2,1-4H3. The third-order valence-corrected chi connectivity index (χ3v) is 13.8. The fraction of sp³-hybridized carbons (Fsp3) is 1.00. The minimum Gasteiger partial charge on any atom is -0.395 e. The summed E-state index contributed by atoms with van der Waals surface area (Å²) < 4.78 is 29.1. The summed E-state index contributed by atoms with van der Waals surface area (Å²) in [5.74, 6) is 0. The van der Waals surface area contributed by atoms with Crippen molar-refractivity contribution in [3.05, 3.63) is 0 Å². The second-order valence-electron chi connectivity index (χ2n) is 9.81. The van der Waals surface area contributed by atoms with Gasteiger partial charge < -0.3 is 22.1 Å². The molecule has 0 aliphatic carbocycles. The van der Waals surface area contributed by atoms with E-state index >= 15 is 0 Å². The van der Waals surface area contributed by atoms with E-state index in [1.165, 1.54) is 89.9 Å². The van der Waals surface area contributed by atoms with Crippen LogP contribution in [0.1, 0.15) is 145 Å². The highest BCUT2D eigenvalue weighted by molar-refractivity contribution is 6.67. The molecule has 0 aromatic rings. The molecular weight excluding hydrogens is 496 g/mol. The van der Waals surface area contributed by atoms with Gasteiger partial charge in [0.1, 0.15) is 0 Å². The minimum absolute atomic E-state index is 0.685. The van der Waals surface area contributed by atoms with Gasteiger partial charge >= 0.3 is 17.4 Å². The molecule has 0 atom stereocenters. The van der Waals surface area contributed by atoms with Gasteiger partial charge in [0.2, 0.25) is 0 Å². The lowest BCUT2D eigenvalue weighted by atomic mass is 10.0. The lowest BCUT2D eigenvalue weighted by Gasteiger charge is -2.28. The van der Waals surface area contributed by atoms with E-state index in [9.17, 15) is 0 Å². The molecule has 5 nitrogen and oxygen atoms in total. The fourth-order valence-electron chi connectivity index (χ4n) is 4.76. The Hall–Kier alpha value is 0.234. The zero-order valence-corrected chi connectivity index (χ0v) is 28.6. The SMILES string of the molecule is CCCCCCCCCCCCCCCC[Si](OCC)(OCC)OCC.CCO[Si](CC)(CC)OCC. The fourth-order valence-corrected chi connectivity index (χ4v) is 9.90. The Morgan fingerprint density at radius 2 is 0.649 bits per heavy atom. The van der Waals surface area contributed by atoms with E-state index < -0.39 is 17.4 Å². The first-order valence-corrected chi connectivity index (χ1v) is 20.3. The summed E-state index contributed by atoms with van der Waals surface area (Å²) in [6.45, 7) is 20.4. The Morgan fingerprint density at radius 1 is 0.351 bits per heavy atom. The molecule has 7 heteroatoms. The Balaban J connectivity index is 0. The third kappa shape index (κ3) is 22.7. The summed E-state index contributed by atoms with van der Waals surface area (Å²) in [7, 11) is -4.14. The van der Waals surface area contributed by atoms with Gasteiger partial charge in [0.05, 0.1) is 0 Å². The summed E-state index contributed by atoms with van der Waals surface area (Å²) in [5, 5.41) is 0. The van der Waals surface area contributed by atoms with Gasteiger partial charge in [0.25, 0.3) is 0 Å². The molecule has 0 saturated carbocycles. The maximum absolute atomic E-state index is 5.92. The van der Waals surface area contributed by atoms with Crippen molar-refractivity contribution in [3.8, 4) is 0 Å².